The average Bonchev–Trinajstić information content (AvgIpc) is 1.60. The monoisotopic (exact) mass is 1310 g/mol. The fourth-order valence-electron chi connectivity index (χ4n) is 16.4. The number of hydrogen-bond donors (Lipinski definition) is 0. The first kappa shape index (κ1) is 60.9. The molecular formula is C99H70N4. The summed E-state index contributed by atoms with van der Waals surface area (Å²) in [4.78, 5) is 0. The highest BCUT2D eigenvalue weighted by Crippen LogP contribution is 2.43. The van der Waals surface area contributed by atoms with Crippen LogP contribution in [0.2, 0.25) is 0 Å². The quantitative estimate of drug-likeness (QED) is 0.130. The Bertz CT molecular complexity index is 6370. The van der Waals surface area contributed by atoms with Gasteiger partial charge in [-0.2, -0.15) is 0 Å². The summed E-state index contributed by atoms with van der Waals surface area (Å²) in [5.74, 6) is 0. The molecule has 4 heterocycles. The molecule has 486 valence electrons. The van der Waals surface area contributed by atoms with Crippen molar-refractivity contribution >= 4 is 87.2 Å². The van der Waals surface area contributed by atoms with Crippen molar-refractivity contribution in [2.24, 2.45) is 0 Å². The highest BCUT2D eigenvalue weighted by Gasteiger charge is 2.21. The maximum Gasteiger partial charge on any atom is 0.0547 e. The predicted octanol–water partition coefficient (Wildman–Crippen LogP) is 26.7. The van der Waals surface area contributed by atoms with Crippen molar-refractivity contribution in [3.63, 3.8) is 0 Å². The van der Waals surface area contributed by atoms with Gasteiger partial charge in [0.25, 0.3) is 0 Å². The van der Waals surface area contributed by atoms with Gasteiger partial charge in [-0.25, -0.2) is 0 Å². The average molecular weight is 1320 g/mol. The highest BCUT2D eigenvalue weighted by atomic mass is 15.0. The van der Waals surface area contributed by atoms with E-state index in [0.717, 1.165) is 17.1 Å². The van der Waals surface area contributed by atoms with Gasteiger partial charge in [0.05, 0.1) is 49.8 Å². The van der Waals surface area contributed by atoms with Gasteiger partial charge in [0.15, 0.2) is 0 Å². The van der Waals surface area contributed by atoms with Crippen LogP contribution in [0.25, 0.3) is 177 Å². The maximum absolute atomic E-state index is 2.46. The summed E-state index contributed by atoms with van der Waals surface area (Å²) in [6.45, 7) is 6.65. The summed E-state index contributed by atoms with van der Waals surface area (Å²) in [7, 11) is 0. The second-order valence-corrected chi connectivity index (χ2v) is 27.4. The Morgan fingerprint density at radius 3 is 0.825 bits per heavy atom. The van der Waals surface area contributed by atoms with Gasteiger partial charge in [0.1, 0.15) is 0 Å². The number of fused-ring (bicyclic) bond motifs is 12. The zero-order valence-electron chi connectivity index (χ0n) is 57.5. The van der Waals surface area contributed by atoms with Crippen LogP contribution < -0.4 is 0 Å². The number of rotatable bonds is 10. The Morgan fingerprint density at radius 1 is 0.155 bits per heavy atom. The molecular weight excluding hydrogens is 1250 g/mol. The van der Waals surface area contributed by atoms with E-state index in [9.17, 15) is 0 Å². The Kier molecular flexibility index (Phi) is 14.9. The summed E-state index contributed by atoms with van der Waals surface area (Å²) in [6.07, 6.45) is 0. The van der Waals surface area contributed by atoms with Gasteiger partial charge in [-0.1, -0.05) is 272 Å². The first-order valence-electron chi connectivity index (χ1n) is 35.6. The van der Waals surface area contributed by atoms with Gasteiger partial charge in [0, 0.05) is 60.2 Å². The van der Waals surface area contributed by atoms with Crippen molar-refractivity contribution in [1.29, 1.82) is 0 Å². The molecule has 20 aromatic rings. The van der Waals surface area contributed by atoms with Crippen LogP contribution in [0.1, 0.15) is 16.7 Å². The van der Waals surface area contributed by atoms with Crippen LogP contribution in [0.5, 0.6) is 0 Å². The number of aromatic nitrogens is 4. The molecule has 20 rings (SSSR count). The van der Waals surface area contributed by atoms with Gasteiger partial charge < -0.3 is 18.3 Å². The number of aryl methyl sites for hydroxylation is 3. The Hall–Kier alpha value is -13.3. The molecule has 103 heavy (non-hydrogen) atoms. The lowest BCUT2D eigenvalue weighted by molar-refractivity contribution is 1.11. The molecule has 0 aliphatic rings. The second kappa shape index (κ2) is 25.2. The summed E-state index contributed by atoms with van der Waals surface area (Å²) in [5, 5.41) is 10.1. The fourth-order valence-corrected chi connectivity index (χ4v) is 16.4. The third kappa shape index (κ3) is 10.6. The van der Waals surface area contributed by atoms with Gasteiger partial charge >= 0.3 is 0 Å². The lowest BCUT2D eigenvalue weighted by Gasteiger charge is -2.15. The molecule has 0 aliphatic carbocycles. The van der Waals surface area contributed by atoms with E-state index in [2.05, 4.69) is 409 Å². The standard InChI is InChI=1S/C51H38N2.C48H32N2/c1-33-26-34(2)51(35(3)27-33)53-48-21-13-11-19-44(48)46-32-39(23-25-50(46)53)38-22-24-49-45(31-38)43-18-10-12-20-47(43)52(49)42-29-40(36-14-6-4-7-15-36)28-41(30-42)37-16-8-5-9-17-37;1-3-11-33(12-4-1)35-19-25-39(26-20-35)49-45-17-9-7-15-41(45)43-29-23-37(31-47(43)49)38-24-30-44-42-16-8-10-18-46(42)50(48(44)32-38)40-27-21-36(22-28-40)34-13-5-2-6-14-34/h4-32H,1-3H3;1-32H. The number of hydrogen-bond acceptors (Lipinski definition) is 0. The van der Waals surface area contributed by atoms with Crippen LogP contribution in [-0.2, 0) is 0 Å². The lowest BCUT2D eigenvalue weighted by Crippen LogP contribution is -2.00. The van der Waals surface area contributed by atoms with Crippen LogP contribution in [0, 0.1) is 20.8 Å². The first-order chi connectivity index (χ1) is 50.8. The van der Waals surface area contributed by atoms with Crippen LogP contribution in [-0.4, -0.2) is 18.3 Å². The van der Waals surface area contributed by atoms with E-state index in [1.165, 1.54) is 176 Å². The molecule has 0 saturated carbocycles. The molecule has 0 unspecified atom stereocenters. The zero-order valence-corrected chi connectivity index (χ0v) is 57.5. The zero-order chi connectivity index (χ0) is 68.7. The minimum Gasteiger partial charge on any atom is -0.309 e. The Morgan fingerprint density at radius 2 is 0.427 bits per heavy atom. The van der Waals surface area contributed by atoms with Crippen LogP contribution in [0.3, 0.4) is 0 Å². The van der Waals surface area contributed by atoms with Crippen molar-refractivity contribution in [3.8, 4) is 89.5 Å². The SMILES string of the molecule is Cc1cc(C)c(-n2c3ccccc3c3cc(-c4ccc5c(c4)c4ccccc4n5-c4cc(-c5ccccc5)cc(-c5ccccc5)c4)ccc32)c(C)c1.c1ccc(-c2ccc(-n3c4ccccc4c4ccc(-c5ccc6c7ccccc7n(-c7ccc(-c8ccccc8)cc7)c6c5)cc43)cc2)cc1. The molecule has 0 bridgehead atoms. The predicted molar refractivity (Wildman–Crippen MR) is 437 cm³/mol. The molecule has 0 spiro atoms. The molecule has 0 atom stereocenters. The number of nitrogens with zero attached hydrogens (tertiary/aromatic N) is 4. The largest absolute Gasteiger partial charge is 0.309 e. The van der Waals surface area contributed by atoms with Crippen LogP contribution >= 0.6 is 0 Å². The molecule has 0 aliphatic heterocycles. The molecule has 4 aromatic heterocycles. The fraction of sp³-hybridized carbons (Fsp3) is 0.0303. The molecule has 4 nitrogen and oxygen atoms in total. The summed E-state index contributed by atoms with van der Waals surface area (Å²) in [5.41, 5.74) is 32.8. The molecule has 16 aromatic carbocycles. The van der Waals surface area contributed by atoms with E-state index in [4.69, 9.17) is 0 Å². The third-order valence-electron chi connectivity index (χ3n) is 21.1. The molecule has 0 radical (unpaired) electrons. The van der Waals surface area contributed by atoms with E-state index in [1.807, 2.05) is 0 Å². The van der Waals surface area contributed by atoms with Gasteiger partial charge in [0.2, 0.25) is 0 Å². The normalized spacial score (nSPS) is 11.6. The minimum absolute atomic E-state index is 1.15. The van der Waals surface area contributed by atoms with Gasteiger partial charge in [-0.05, 0) is 202 Å². The van der Waals surface area contributed by atoms with Crippen LogP contribution in [0.4, 0.5) is 0 Å². The van der Waals surface area contributed by atoms with E-state index in [1.54, 1.807) is 0 Å². The Balaban J connectivity index is 0.000000142. The van der Waals surface area contributed by atoms with Crippen molar-refractivity contribution in [2.45, 2.75) is 20.8 Å². The van der Waals surface area contributed by atoms with E-state index < -0.39 is 0 Å². The first-order valence-corrected chi connectivity index (χ1v) is 35.6. The van der Waals surface area contributed by atoms with Crippen molar-refractivity contribution < 1.29 is 0 Å². The second-order valence-electron chi connectivity index (χ2n) is 27.4. The number of benzene rings is 16. The van der Waals surface area contributed by atoms with E-state index >= 15 is 0 Å². The molecule has 0 saturated heterocycles. The van der Waals surface area contributed by atoms with E-state index in [0.29, 0.717) is 0 Å². The number of para-hydroxylation sites is 4. The smallest absolute Gasteiger partial charge is 0.0547 e. The summed E-state index contributed by atoms with van der Waals surface area (Å²) >= 11 is 0. The molecule has 4 heteroatoms. The van der Waals surface area contributed by atoms with Crippen molar-refractivity contribution in [1.82, 2.24) is 18.3 Å². The topological polar surface area (TPSA) is 19.7 Å². The summed E-state index contributed by atoms with van der Waals surface area (Å²) < 4.78 is 9.72. The molecule has 0 amide bonds. The van der Waals surface area contributed by atoms with Crippen molar-refractivity contribution in [3.05, 3.63) is 387 Å². The van der Waals surface area contributed by atoms with Gasteiger partial charge in [-0.3, -0.25) is 0 Å². The molecule has 0 fully saturated rings. The maximum atomic E-state index is 2.46. The van der Waals surface area contributed by atoms with E-state index in [-0.39, 0.29) is 0 Å². The lowest BCUT2D eigenvalue weighted by atomic mass is 9.98. The summed E-state index contributed by atoms with van der Waals surface area (Å²) in [6, 6.07) is 135. The minimum atomic E-state index is 1.15. The van der Waals surface area contributed by atoms with Crippen molar-refractivity contribution in [2.75, 3.05) is 0 Å². The third-order valence-corrected chi connectivity index (χ3v) is 21.1. The molecule has 0 N–H and O–H groups in total. The van der Waals surface area contributed by atoms with Crippen LogP contribution in [0.15, 0.2) is 370 Å². The van der Waals surface area contributed by atoms with Gasteiger partial charge in [-0.15, -0.1) is 0 Å². The Labute approximate surface area is 598 Å². The highest BCUT2D eigenvalue weighted by molar-refractivity contribution is 6.15.